The lowest BCUT2D eigenvalue weighted by Gasteiger charge is -2.06. The normalized spacial score (nSPS) is 9.76. The summed E-state index contributed by atoms with van der Waals surface area (Å²) < 4.78 is 9.82. The average molecular weight is 260 g/mol. The van der Waals surface area contributed by atoms with Crippen molar-refractivity contribution in [3.05, 3.63) is 12.2 Å². The zero-order chi connectivity index (χ0) is 13.1. The topological polar surface area (TPSA) is 52.6 Å². The molecule has 0 N–H and O–H groups in total. The van der Waals surface area contributed by atoms with Crippen LogP contribution in [-0.4, -0.2) is 37.2 Å². The van der Waals surface area contributed by atoms with E-state index in [0.29, 0.717) is 13.2 Å². The van der Waals surface area contributed by atoms with E-state index in [2.05, 4.69) is 6.58 Å². The van der Waals surface area contributed by atoms with Crippen LogP contribution in [0.25, 0.3) is 0 Å². The Bertz CT molecular complexity index is 263. The van der Waals surface area contributed by atoms with E-state index < -0.39 is 11.9 Å². The molecular weight excluding hydrogens is 240 g/mol. The van der Waals surface area contributed by atoms with Crippen molar-refractivity contribution < 1.29 is 19.1 Å². The number of thioether (sulfide) groups is 1. The maximum atomic E-state index is 11.3. The van der Waals surface area contributed by atoms with E-state index in [1.54, 1.807) is 11.8 Å². The molecule has 0 saturated carbocycles. The number of carbonyl (C=O) groups is 2. The molecule has 0 rings (SSSR count). The minimum atomic E-state index is -0.522. The fourth-order valence-corrected chi connectivity index (χ4v) is 1.20. The van der Waals surface area contributed by atoms with E-state index in [0.717, 1.165) is 18.6 Å². The molecule has 0 unspecified atom stereocenters. The van der Waals surface area contributed by atoms with Crippen LogP contribution >= 0.6 is 11.8 Å². The van der Waals surface area contributed by atoms with E-state index >= 15 is 0 Å². The van der Waals surface area contributed by atoms with Gasteiger partial charge in [-0.25, -0.2) is 4.79 Å². The lowest BCUT2D eigenvalue weighted by Crippen LogP contribution is -2.14. The van der Waals surface area contributed by atoms with Crippen molar-refractivity contribution >= 4 is 23.7 Å². The Balaban J connectivity index is 3.75. The molecular formula is C12H20O4S. The smallest absolute Gasteiger partial charge is 0.334 e. The lowest BCUT2D eigenvalue weighted by atomic mass is 10.2. The van der Waals surface area contributed by atoms with Gasteiger partial charge in [0, 0.05) is 11.3 Å². The van der Waals surface area contributed by atoms with Crippen molar-refractivity contribution in [2.75, 3.05) is 25.2 Å². The van der Waals surface area contributed by atoms with E-state index in [4.69, 9.17) is 9.47 Å². The Hall–Kier alpha value is -0.970. The predicted molar refractivity (Wildman–Crippen MR) is 69.0 cm³/mol. The summed E-state index contributed by atoms with van der Waals surface area (Å²) in [6.07, 6.45) is 3.62. The van der Waals surface area contributed by atoms with Gasteiger partial charge < -0.3 is 9.47 Å². The Morgan fingerprint density at radius 2 is 1.94 bits per heavy atom. The minimum Gasteiger partial charge on any atom is -0.465 e. The highest BCUT2D eigenvalue weighted by molar-refractivity contribution is 7.98. The molecule has 0 fully saturated rings. The molecule has 0 amide bonds. The van der Waals surface area contributed by atoms with Crippen molar-refractivity contribution in [3.8, 4) is 0 Å². The first-order valence-corrected chi connectivity index (χ1v) is 7.00. The molecule has 0 bridgehead atoms. The highest BCUT2D eigenvalue weighted by Gasteiger charge is 2.13. The van der Waals surface area contributed by atoms with Crippen LogP contribution in [0.15, 0.2) is 12.2 Å². The van der Waals surface area contributed by atoms with Gasteiger partial charge in [0.15, 0.2) is 0 Å². The van der Waals surface area contributed by atoms with Gasteiger partial charge in [-0.3, -0.25) is 4.79 Å². The average Bonchev–Trinajstić information content (AvgIpc) is 2.29. The zero-order valence-electron chi connectivity index (χ0n) is 10.5. The van der Waals surface area contributed by atoms with Crippen LogP contribution in [0.3, 0.4) is 0 Å². The van der Waals surface area contributed by atoms with Gasteiger partial charge in [0.1, 0.15) is 6.61 Å². The Labute approximate surface area is 107 Å². The fourth-order valence-electron chi connectivity index (χ4n) is 0.948. The third-order valence-corrected chi connectivity index (χ3v) is 2.50. The van der Waals surface area contributed by atoms with Gasteiger partial charge >= 0.3 is 11.9 Å². The van der Waals surface area contributed by atoms with Crippen LogP contribution in [0.4, 0.5) is 0 Å². The van der Waals surface area contributed by atoms with Gasteiger partial charge in [0.25, 0.3) is 0 Å². The summed E-state index contributed by atoms with van der Waals surface area (Å²) in [6.45, 7) is 6.26. The third-order valence-electron chi connectivity index (χ3n) is 1.93. The second kappa shape index (κ2) is 10.2. The van der Waals surface area contributed by atoms with Gasteiger partial charge in [0.05, 0.1) is 13.0 Å². The van der Waals surface area contributed by atoms with Crippen LogP contribution in [0.2, 0.25) is 0 Å². The largest absolute Gasteiger partial charge is 0.465 e. The molecule has 0 aromatic heterocycles. The molecule has 0 aliphatic rings. The molecule has 0 aliphatic heterocycles. The minimum absolute atomic E-state index is 0.0954. The van der Waals surface area contributed by atoms with Gasteiger partial charge in [-0.2, -0.15) is 11.8 Å². The van der Waals surface area contributed by atoms with Gasteiger partial charge in [-0.05, 0) is 12.7 Å². The van der Waals surface area contributed by atoms with Crippen LogP contribution in [-0.2, 0) is 19.1 Å². The second-order valence-corrected chi connectivity index (χ2v) is 4.47. The fraction of sp³-hybridized carbons (Fsp3) is 0.667. The number of carbonyl (C=O) groups excluding carboxylic acids is 2. The molecule has 17 heavy (non-hydrogen) atoms. The van der Waals surface area contributed by atoms with Crippen molar-refractivity contribution in [3.63, 3.8) is 0 Å². The van der Waals surface area contributed by atoms with Crippen molar-refractivity contribution in [1.82, 2.24) is 0 Å². The van der Waals surface area contributed by atoms with Crippen molar-refractivity contribution in [2.45, 2.75) is 26.2 Å². The molecule has 5 heteroatoms. The number of unbranched alkanes of at least 4 members (excludes halogenated alkanes) is 1. The summed E-state index contributed by atoms with van der Waals surface area (Å²) in [7, 11) is 0. The molecule has 0 atom stereocenters. The molecule has 0 aromatic carbocycles. The van der Waals surface area contributed by atoms with E-state index in [9.17, 15) is 9.59 Å². The first kappa shape index (κ1) is 16.0. The summed E-state index contributed by atoms with van der Waals surface area (Å²) in [5.74, 6) is -0.211. The number of esters is 2. The summed E-state index contributed by atoms with van der Waals surface area (Å²) in [5.41, 5.74) is 0.146. The number of hydrogen-bond donors (Lipinski definition) is 0. The Morgan fingerprint density at radius 3 is 2.53 bits per heavy atom. The van der Waals surface area contributed by atoms with Crippen LogP contribution in [0.1, 0.15) is 26.2 Å². The highest BCUT2D eigenvalue weighted by Crippen LogP contribution is 2.04. The summed E-state index contributed by atoms with van der Waals surface area (Å²) in [6, 6.07) is 0. The van der Waals surface area contributed by atoms with Gasteiger partial charge in [0.2, 0.25) is 0 Å². The summed E-state index contributed by atoms with van der Waals surface area (Å²) in [5, 5.41) is 0. The van der Waals surface area contributed by atoms with E-state index in [-0.39, 0.29) is 12.0 Å². The van der Waals surface area contributed by atoms with Crippen LogP contribution < -0.4 is 0 Å². The standard InChI is InChI=1S/C12H20O4S/c1-4-5-6-15-11(13)9-10(2)12(14)16-7-8-17-3/h2,4-9H2,1,3H3. The molecule has 0 saturated heterocycles. The molecule has 4 nitrogen and oxygen atoms in total. The summed E-state index contributed by atoms with van der Waals surface area (Å²) >= 11 is 1.58. The number of rotatable bonds is 9. The Morgan fingerprint density at radius 1 is 1.24 bits per heavy atom. The van der Waals surface area contributed by atoms with Crippen LogP contribution in [0, 0.1) is 0 Å². The SMILES string of the molecule is C=C(CC(=O)OCCCC)C(=O)OCCSC. The second-order valence-electron chi connectivity index (χ2n) is 3.48. The quantitative estimate of drug-likeness (QED) is 0.361. The molecule has 0 aliphatic carbocycles. The highest BCUT2D eigenvalue weighted by atomic mass is 32.2. The van der Waals surface area contributed by atoms with Gasteiger partial charge in [-0.1, -0.05) is 19.9 Å². The maximum Gasteiger partial charge on any atom is 0.334 e. The maximum absolute atomic E-state index is 11.3. The van der Waals surface area contributed by atoms with E-state index in [1.165, 1.54) is 0 Å². The molecule has 0 aromatic rings. The molecule has 0 heterocycles. The summed E-state index contributed by atoms with van der Waals surface area (Å²) in [4.78, 5) is 22.6. The first-order valence-electron chi connectivity index (χ1n) is 5.61. The monoisotopic (exact) mass is 260 g/mol. The first-order chi connectivity index (χ1) is 8.11. The van der Waals surface area contributed by atoms with Gasteiger partial charge in [-0.15, -0.1) is 0 Å². The van der Waals surface area contributed by atoms with E-state index in [1.807, 2.05) is 13.2 Å². The molecule has 98 valence electrons. The molecule has 0 spiro atoms. The van der Waals surface area contributed by atoms with Crippen molar-refractivity contribution in [1.29, 1.82) is 0 Å². The zero-order valence-corrected chi connectivity index (χ0v) is 11.3. The van der Waals surface area contributed by atoms with Crippen molar-refractivity contribution in [2.24, 2.45) is 0 Å². The number of hydrogen-bond acceptors (Lipinski definition) is 5. The molecule has 0 radical (unpaired) electrons. The Kier molecular flexibility index (Phi) is 9.62. The predicted octanol–water partition coefficient (Wildman–Crippen LogP) is 2.18. The lowest BCUT2D eigenvalue weighted by molar-refractivity contribution is -0.146. The third kappa shape index (κ3) is 8.80. The van der Waals surface area contributed by atoms with Crippen LogP contribution in [0.5, 0.6) is 0 Å². The number of ether oxygens (including phenoxy) is 2.